The van der Waals surface area contributed by atoms with Gasteiger partial charge in [0, 0.05) is 0 Å². The van der Waals surface area contributed by atoms with Crippen LogP contribution in [0.4, 0.5) is 4.39 Å². The standard InChI is InChI=1S/C22H16FNO3/c1-26-22-11-8-18(23)12-20(22)21(25)14-27-19-9-6-17(7-10-19)16-4-2-15(13-24)3-5-16/h2-12H,14H2,1H3. The largest absolute Gasteiger partial charge is 0.496 e. The highest BCUT2D eigenvalue weighted by Crippen LogP contribution is 2.24. The summed E-state index contributed by atoms with van der Waals surface area (Å²) >= 11 is 0. The van der Waals surface area contributed by atoms with Gasteiger partial charge in [0.1, 0.15) is 17.3 Å². The number of ether oxygens (including phenoxy) is 2. The molecule has 0 aliphatic carbocycles. The van der Waals surface area contributed by atoms with E-state index in [1.54, 1.807) is 24.3 Å². The molecule has 0 atom stereocenters. The maximum Gasteiger partial charge on any atom is 0.204 e. The van der Waals surface area contributed by atoms with Crippen molar-refractivity contribution in [2.45, 2.75) is 0 Å². The maximum atomic E-state index is 13.4. The van der Waals surface area contributed by atoms with Gasteiger partial charge in [0.15, 0.2) is 6.61 Å². The van der Waals surface area contributed by atoms with Crippen LogP contribution in [0.15, 0.2) is 66.7 Å². The van der Waals surface area contributed by atoms with Crippen molar-refractivity contribution in [3.05, 3.63) is 83.7 Å². The van der Waals surface area contributed by atoms with E-state index in [-0.39, 0.29) is 18.0 Å². The predicted octanol–water partition coefficient (Wildman–Crippen LogP) is 4.63. The number of methoxy groups -OCH3 is 1. The van der Waals surface area contributed by atoms with Crippen molar-refractivity contribution in [3.8, 4) is 28.7 Å². The van der Waals surface area contributed by atoms with Gasteiger partial charge in [0.05, 0.1) is 24.3 Å². The van der Waals surface area contributed by atoms with E-state index in [0.29, 0.717) is 17.1 Å². The smallest absolute Gasteiger partial charge is 0.204 e. The monoisotopic (exact) mass is 361 g/mol. The van der Waals surface area contributed by atoms with Gasteiger partial charge in [-0.1, -0.05) is 24.3 Å². The highest BCUT2D eigenvalue weighted by molar-refractivity contribution is 5.99. The van der Waals surface area contributed by atoms with Crippen molar-refractivity contribution in [1.82, 2.24) is 0 Å². The fourth-order valence-electron chi connectivity index (χ4n) is 2.61. The molecule has 0 N–H and O–H groups in total. The number of hydrogen-bond acceptors (Lipinski definition) is 4. The third-order valence-electron chi connectivity index (χ3n) is 4.03. The van der Waals surface area contributed by atoms with Crippen LogP contribution in [-0.2, 0) is 0 Å². The number of benzene rings is 3. The molecule has 0 unspecified atom stereocenters. The molecule has 0 aromatic heterocycles. The molecule has 0 heterocycles. The molecule has 3 aromatic rings. The van der Waals surface area contributed by atoms with Crippen LogP contribution in [0.5, 0.6) is 11.5 Å². The molecule has 5 heteroatoms. The molecular weight excluding hydrogens is 345 g/mol. The van der Waals surface area contributed by atoms with Crippen LogP contribution in [-0.4, -0.2) is 19.5 Å². The second kappa shape index (κ2) is 8.15. The molecule has 0 bridgehead atoms. The minimum absolute atomic E-state index is 0.145. The fourth-order valence-corrected chi connectivity index (χ4v) is 2.61. The van der Waals surface area contributed by atoms with Crippen molar-refractivity contribution < 1.29 is 18.7 Å². The van der Waals surface area contributed by atoms with Crippen LogP contribution in [0.25, 0.3) is 11.1 Å². The lowest BCUT2D eigenvalue weighted by atomic mass is 10.0. The molecule has 27 heavy (non-hydrogen) atoms. The minimum Gasteiger partial charge on any atom is -0.496 e. The van der Waals surface area contributed by atoms with Gasteiger partial charge in [-0.3, -0.25) is 4.79 Å². The average Bonchev–Trinajstić information content (AvgIpc) is 2.72. The molecule has 0 saturated heterocycles. The molecule has 0 spiro atoms. The highest BCUT2D eigenvalue weighted by Gasteiger charge is 2.14. The highest BCUT2D eigenvalue weighted by atomic mass is 19.1. The first-order valence-corrected chi connectivity index (χ1v) is 8.21. The summed E-state index contributed by atoms with van der Waals surface area (Å²) in [6, 6.07) is 20.4. The summed E-state index contributed by atoms with van der Waals surface area (Å²) in [5.74, 6) is -0.0503. The van der Waals surface area contributed by atoms with Crippen LogP contribution >= 0.6 is 0 Å². The van der Waals surface area contributed by atoms with E-state index in [1.807, 2.05) is 24.3 Å². The van der Waals surface area contributed by atoms with Crippen molar-refractivity contribution in [2.75, 3.05) is 13.7 Å². The number of carbonyl (C=O) groups excluding carboxylic acids is 1. The zero-order valence-corrected chi connectivity index (χ0v) is 14.6. The Labute approximate surface area is 156 Å². The number of nitrogens with zero attached hydrogens (tertiary/aromatic N) is 1. The summed E-state index contributed by atoms with van der Waals surface area (Å²) in [5.41, 5.74) is 2.68. The molecule has 0 aliphatic rings. The number of hydrogen-bond donors (Lipinski definition) is 0. The predicted molar refractivity (Wildman–Crippen MR) is 99.4 cm³/mol. The van der Waals surface area contributed by atoms with Gasteiger partial charge >= 0.3 is 0 Å². The van der Waals surface area contributed by atoms with E-state index in [9.17, 15) is 9.18 Å². The van der Waals surface area contributed by atoms with E-state index in [2.05, 4.69) is 6.07 Å². The Balaban J connectivity index is 1.67. The molecular formula is C22H16FNO3. The summed E-state index contributed by atoms with van der Waals surface area (Å²) in [6.45, 7) is -0.226. The van der Waals surface area contributed by atoms with Crippen molar-refractivity contribution >= 4 is 5.78 Å². The summed E-state index contributed by atoms with van der Waals surface area (Å²) in [4.78, 5) is 12.3. The Hall–Kier alpha value is -3.65. The van der Waals surface area contributed by atoms with E-state index in [4.69, 9.17) is 14.7 Å². The second-order valence-corrected chi connectivity index (χ2v) is 5.77. The van der Waals surface area contributed by atoms with Crippen molar-refractivity contribution in [1.29, 1.82) is 5.26 Å². The van der Waals surface area contributed by atoms with Gasteiger partial charge in [-0.15, -0.1) is 0 Å². The van der Waals surface area contributed by atoms with Gasteiger partial charge in [0.2, 0.25) is 5.78 Å². The first-order valence-electron chi connectivity index (χ1n) is 8.21. The lowest BCUT2D eigenvalue weighted by Gasteiger charge is -2.10. The second-order valence-electron chi connectivity index (χ2n) is 5.77. The molecule has 0 aliphatic heterocycles. The number of carbonyl (C=O) groups is 1. The topological polar surface area (TPSA) is 59.3 Å². The SMILES string of the molecule is COc1ccc(F)cc1C(=O)COc1ccc(-c2ccc(C#N)cc2)cc1. The van der Waals surface area contributed by atoms with Gasteiger partial charge in [-0.05, 0) is 53.6 Å². The summed E-state index contributed by atoms with van der Waals surface area (Å²) in [6.07, 6.45) is 0. The molecule has 0 fully saturated rings. The summed E-state index contributed by atoms with van der Waals surface area (Å²) in [5, 5.41) is 8.85. The van der Waals surface area contributed by atoms with Crippen LogP contribution in [0.1, 0.15) is 15.9 Å². The Morgan fingerprint density at radius 1 is 1.00 bits per heavy atom. The molecule has 0 radical (unpaired) electrons. The minimum atomic E-state index is -0.508. The van der Waals surface area contributed by atoms with Crippen LogP contribution in [0.2, 0.25) is 0 Å². The maximum absolute atomic E-state index is 13.4. The number of nitriles is 1. The lowest BCUT2D eigenvalue weighted by molar-refractivity contribution is 0.0918. The van der Waals surface area contributed by atoms with Gasteiger partial charge < -0.3 is 9.47 Å². The third kappa shape index (κ3) is 4.31. The van der Waals surface area contributed by atoms with Gasteiger partial charge in [0.25, 0.3) is 0 Å². The molecule has 3 rings (SSSR count). The normalized spacial score (nSPS) is 10.1. The van der Waals surface area contributed by atoms with Crippen molar-refractivity contribution in [2.24, 2.45) is 0 Å². The molecule has 0 saturated carbocycles. The number of rotatable bonds is 6. The van der Waals surface area contributed by atoms with Gasteiger partial charge in [-0.25, -0.2) is 4.39 Å². The molecule has 4 nitrogen and oxygen atoms in total. The summed E-state index contributed by atoms with van der Waals surface area (Å²) in [7, 11) is 1.42. The van der Waals surface area contributed by atoms with Gasteiger partial charge in [-0.2, -0.15) is 5.26 Å². The first-order chi connectivity index (χ1) is 13.1. The van der Waals surface area contributed by atoms with Crippen LogP contribution in [0, 0.1) is 17.1 Å². The zero-order chi connectivity index (χ0) is 19.2. The third-order valence-corrected chi connectivity index (χ3v) is 4.03. The van der Waals surface area contributed by atoms with E-state index >= 15 is 0 Å². The first kappa shape index (κ1) is 18.2. The molecule has 134 valence electrons. The lowest BCUT2D eigenvalue weighted by Crippen LogP contribution is -2.13. The summed E-state index contributed by atoms with van der Waals surface area (Å²) < 4.78 is 24.0. The average molecular weight is 361 g/mol. The Morgan fingerprint density at radius 3 is 2.22 bits per heavy atom. The Kier molecular flexibility index (Phi) is 5.48. The Bertz CT molecular complexity index is 990. The van der Waals surface area contributed by atoms with E-state index < -0.39 is 5.82 Å². The molecule has 0 amide bonds. The Morgan fingerprint density at radius 2 is 1.63 bits per heavy atom. The zero-order valence-electron chi connectivity index (χ0n) is 14.6. The fraction of sp³-hybridized carbons (Fsp3) is 0.0909. The van der Waals surface area contributed by atoms with E-state index in [0.717, 1.165) is 17.2 Å². The number of ketones is 1. The quantitative estimate of drug-likeness (QED) is 0.601. The number of Topliss-reactive ketones (excluding diaryl/α,β-unsaturated/α-hetero) is 1. The van der Waals surface area contributed by atoms with Crippen LogP contribution < -0.4 is 9.47 Å². The van der Waals surface area contributed by atoms with E-state index in [1.165, 1.54) is 19.2 Å². The molecule has 3 aromatic carbocycles. The van der Waals surface area contributed by atoms with Crippen molar-refractivity contribution in [3.63, 3.8) is 0 Å². The number of halogens is 1. The van der Waals surface area contributed by atoms with Crippen LogP contribution in [0.3, 0.4) is 0 Å².